The van der Waals surface area contributed by atoms with E-state index in [-0.39, 0.29) is 18.7 Å². The zero-order chi connectivity index (χ0) is 15.4. The Morgan fingerprint density at radius 1 is 1.33 bits per heavy atom. The summed E-state index contributed by atoms with van der Waals surface area (Å²) in [6, 6.07) is 6.97. The number of anilines is 1. The number of methoxy groups -OCH3 is 1. The fourth-order valence-corrected chi connectivity index (χ4v) is 2.63. The van der Waals surface area contributed by atoms with Gasteiger partial charge in [0, 0.05) is 5.03 Å². The van der Waals surface area contributed by atoms with Gasteiger partial charge in [-0.25, -0.2) is 0 Å². The van der Waals surface area contributed by atoms with Crippen molar-refractivity contribution in [2.24, 2.45) is 11.8 Å². The van der Waals surface area contributed by atoms with E-state index in [1.54, 1.807) is 30.3 Å². The maximum Gasteiger partial charge on any atom is 0.307 e. The number of hydrogen-bond acceptors (Lipinski definition) is 3. The summed E-state index contributed by atoms with van der Waals surface area (Å²) in [5, 5.41) is 12.5. The van der Waals surface area contributed by atoms with Crippen LogP contribution in [0.3, 0.4) is 0 Å². The number of ether oxygens (including phenoxy) is 1. The van der Waals surface area contributed by atoms with E-state index in [0.717, 1.165) is 0 Å². The molecular formula is C15H16ClNO4. The Hall–Kier alpha value is -2.01. The molecule has 6 heteroatoms. The van der Waals surface area contributed by atoms with E-state index < -0.39 is 17.8 Å². The van der Waals surface area contributed by atoms with Crippen LogP contribution in [0, 0.1) is 11.8 Å². The molecule has 0 aliphatic heterocycles. The van der Waals surface area contributed by atoms with E-state index in [1.165, 1.54) is 7.11 Å². The van der Waals surface area contributed by atoms with Crippen LogP contribution in [0.15, 0.2) is 35.4 Å². The van der Waals surface area contributed by atoms with Gasteiger partial charge in [-0.3, -0.25) is 9.59 Å². The molecule has 112 valence electrons. The second-order valence-corrected chi connectivity index (χ2v) is 5.32. The van der Waals surface area contributed by atoms with Gasteiger partial charge in [0.1, 0.15) is 5.75 Å². The fourth-order valence-electron chi connectivity index (χ4n) is 2.38. The second-order valence-electron chi connectivity index (χ2n) is 4.83. The predicted octanol–water partition coefficient (Wildman–Crippen LogP) is 2.87. The molecule has 1 aromatic carbocycles. The summed E-state index contributed by atoms with van der Waals surface area (Å²) >= 11 is 5.95. The third-order valence-electron chi connectivity index (χ3n) is 3.51. The van der Waals surface area contributed by atoms with E-state index >= 15 is 0 Å². The molecule has 0 saturated heterocycles. The van der Waals surface area contributed by atoms with Gasteiger partial charge >= 0.3 is 5.97 Å². The van der Waals surface area contributed by atoms with Crippen molar-refractivity contribution in [3.63, 3.8) is 0 Å². The number of carbonyl (C=O) groups is 2. The monoisotopic (exact) mass is 309 g/mol. The Bertz CT molecular complexity index is 585. The molecule has 1 aliphatic carbocycles. The minimum Gasteiger partial charge on any atom is -0.495 e. The third kappa shape index (κ3) is 3.55. The molecule has 0 radical (unpaired) electrons. The third-order valence-corrected chi connectivity index (χ3v) is 3.82. The number of carboxylic acid groups (broad SMARTS) is 1. The van der Waals surface area contributed by atoms with Gasteiger partial charge < -0.3 is 15.2 Å². The van der Waals surface area contributed by atoms with E-state index in [1.807, 2.05) is 0 Å². The maximum atomic E-state index is 12.4. The highest BCUT2D eigenvalue weighted by Crippen LogP contribution is 2.33. The highest BCUT2D eigenvalue weighted by molar-refractivity contribution is 6.29. The second kappa shape index (κ2) is 6.63. The molecule has 0 spiro atoms. The van der Waals surface area contributed by atoms with Gasteiger partial charge in [-0.05, 0) is 25.0 Å². The summed E-state index contributed by atoms with van der Waals surface area (Å²) in [7, 11) is 1.51. The molecule has 0 fully saturated rings. The van der Waals surface area contributed by atoms with Crippen molar-refractivity contribution in [3.8, 4) is 5.75 Å². The SMILES string of the molecule is COc1ccccc1NC(=O)[C@H]1CC(Cl)=CC[C@H]1C(=O)O. The average Bonchev–Trinajstić information content (AvgIpc) is 2.47. The topological polar surface area (TPSA) is 75.6 Å². The lowest BCUT2D eigenvalue weighted by Gasteiger charge is -2.26. The molecule has 5 nitrogen and oxygen atoms in total. The van der Waals surface area contributed by atoms with Crippen LogP contribution < -0.4 is 10.1 Å². The molecule has 21 heavy (non-hydrogen) atoms. The lowest BCUT2D eigenvalue weighted by molar-refractivity contribution is -0.146. The molecular weight excluding hydrogens is 294 g/mol. The van der Waals surface area contributed by atoms with Crippen molar-refractivity contribution in [1.29, 1.82) is 0 Å². The summed E-state index contributed by atoms with van der Waals surface area (Å²) in [5.74, 6) is -2.28. The minimum absolute atomic E-state index is 0.236. The van der Waals surface area contributed by atoms with Gasteiger partial charge in [-0.2, -0.15) is 0 Å². The van der Waals surface area contributed by atoms with Crippen molar-refractivity contribution in [2.75, 3.05) is 12.4 Å². The number of carbonyl (C=O) groups excluding carboxylic acids is 1. The molecule has 0 bridgehead atoms. The van der Waals surface area contributed by atoms with Crippen LogP contribution >= 0.6 is 11.6 Å². The number of aliphatic carboxylic acids is 1. The highest BCUT2D eigenvalue weighted by Gasteiger charge is 2.36. The van der Waals surface area contributed by atoms with Gasteiger partial charge in [0.25, 0.3) is 0 Å². The molecule has 0 aromatic heterocycles. The average molecular weight is 310 g/mol. The summed E-state index contributed by atoms with van der Waals surface area (Å²) < 4.78 is 5.16. The molecule has 2 atom stereocenters. The van der Waals surface area contributed by atoms with Crippen molar-refractivity contribution < 1.29 is 19.4 Å². The number of benzene rings is 1. The molecule has 1 aliphatic rings. The molecule has 1 amide bonds. The van der Waals surface area contributed by atoms with E-state index in [0.29, 0.717) is 16.5 Å². The number of rotatable bonds is 4. The van der Waals surface area contributed by atoms with Crippen LogP contribution in [0.2, 0.25) is 0 Å². The van der Waals surface area contributed by atoms with Crippen molar-refractivity contribution in [1.82, 2.24) is 0 Å². The van der Waals surface area contributed by atoms with Crippen LogP contribution in [0.1, 0.15) is 12.8 Å². The lowest BCUT2D eigenvalue weighted by Crippen LogP contribution is -2.35. The first-order chi connectivity index (χ1) is 10.0. The summed E-state index contributed by atoms with van der Waals surface area (Å²) in [6.07, 6.45) is 2.16. The van der Waals surface area contributed by atoms with Gasteiger partial charge in [0.15, 0.2) is 0 Å². The largest absolute Gasteiger partial charge is 0.495 e. The van der Waals surface area contributed by atoms with Crippen LogP contribution in [0.4, 0.5) is 5.69 Å². The zero-order valence-electron chi connectivity index (χ0n) is 11.5. The van der Waals surface area contributed by atoms with Gasteiger partial charge in [0.05, 0.1) is 24.6 Å². The number of carboxylic acids is 1. The number of allylic oxidation sites excluding steroid dienone is 2. The molecule has 2 N–H and O–H groups in total. The first kappa shape index (κ1) is 15.4. The zero-order valence-corrected chi connectivity index (χ0v) is 12.3. The van der Waals surface area contributed by atoms with Crippen molar-refractivity contribution in [2.45, 2.75) is 12.8 Å². The van der Waals surface area contributed by atoms with Crippen molar-refractivity contribution >= 4 is 29.2 Å². The summed E-state index contributed by atoms with van der Waals surface area (Å²) in [4.78, 5) is 23.7. The molecule has 1 aromatic rings. The van der Waals surface area contributed by atoms with E-state index in [2.05, 4.69) is 5.32 Å². The van der Waals surface area contributed by atoms with Crippen LogP contribution in [0.25, 0.3) is 0 Å². The van der Waals surface area contributed by atoms with Crippen LogP contribution in [-0.4, -0.2) is 24.1 Å². The number of para-hydroxylation sites is 2. The van der Waals surface area contributed by atoms with Gasteiger partial charge in [-0.15, -0.1) is 0 Å². The van der Waals surface area contributed by atoms with Crippen molar-refractivity contribution in [3.05, 3.63) is 35.4 Å². The van der Waals surface area contributed by atoms with Crippen LogP contribution in [0.5, 0.6) is 5.75 Å². The molecule has 0 unspecified atom stereocenters. The van der Waals surface area contributed by atoms with E-state index in [4.69, 9.17) is 16.3 Å². The van der Waals surface area contributed by atoms with Crippen LogP contribution in [-0.2, 0) is 9.59 Å². The fraction of sp³-hybridized carbons (Fsp3) is 0.333. The molecule has 0 saturated carbocycles. The Labute approximate surface area is 127 Å². The lowest BCUT2D eigenvalue weighted by atomic mass is 9.82. The molecule has 2 rings (SSSR count). The first-order valence-electron chi connectivity index (χ1n) is 6.54. The standard InChI is InChI=1S/C15H16ClNO4/c1-21-13-5-3-2-4-12(13)17-14(18)11-8-9(16)6-7-10(11)15(19)20/h2-6,10-11H,7-8H2,1H3,(H,17,18)(H,19,20)/t10-,11+/m1/s1. The smallest absolute Gasteiger partial charge is 0.307 e. The Morgan fingerprint density at radius 2 is 2.05 bits per heavy atom. The van der Waals surface area contributed by atoms with Gasteiger partial charge in [-0.1, -0.05) is 29.8 Å². The van der Waals surface area contributed by atoms with Gasteiger partial charge in [0.2, 0.25) is 5.91 Å². The van der Waals surface area contributed by atoms with E-state index in [9.17, 15) is 14.7 Å². The number of halogens is 1. The quantitative estimate of drug-likeness (QED) is 0.896. The maximum absolute atomic E-state index is 12.4. The number of hydrogen-bond donors (Lipinski definition) is 2. The molecule has 0 heterocycles. The summed E-state index contributed by atoms with van der Waals surface area (Å²) in [5.41, 5.74) is 0.514. The Morgan fingerprint density at radius 3 is 2.71 bits per heavy atom. The number of nitrogens with one attached hydrogen (secondary N) is 1. The normalized spacial score (nSPS) is 21.3. The first-order valence-corrected chi connectivity index (χ1v) is 6.92. The predicted molar refractivity (Wildman–Crippen MR) is 79.4 cm³/mol. The summed E-state index contributed by atoms with van der Waals surface area (Å²) in [6.45, 7) is 0. The Kier molecular flexibility index (Phi) is 4.85. The minimum atomic E-state index is -0.990. The Balaban J connectivity index is 2.18. The number of amides is 1. The highest BCUT2D eigenvalue weighted by atomic mass is 35.5.